The largest absolute Gasteiger partial charge is 0.469 e. The van der Waals surface area contributed by atoms with Crippen molar-refractivity contribution >= 4 is 17.8 Å². The Morgan fingerprint density at radius 2 is 2.04 bits per heavy atom. The number of esters is 1. The van der Waals surface area contributed by atoms with Gasteiger partial charge in [-0.2, -0.15) is 0 Å². The van der Waals surface area contributed by atoms with Gasteiger partial charge in [-0.25, -0.2) is 4.39 Å². The lowest BCUT2D eigenvalue weighted by atomic mass is 9.97. The second kappa shape index (κ2) is 11.3. The van der Waals surface area contributed by atoms with E-state index in [4.69, 9.17) is 4.74 Å². The van der Waals surface area contributed by atoms with Crippen molar-refractivity contribution in [2.24, 2.45) is 10.9 Å². The molecule has 154 valence electrons. The molecule has 1 aromatic rings. The molecule has 28 heavy (non-hydrogen) atoms. The summed E-state index contributed by atoms with van der Waals surface area (Å²) in [5.41, 5.74) is 0.641. The number of piperidine rings is 1. The van der Waals surface area contributed by atoms with E-state index < -0.39 is 0 Å². The van der Waals surface area contributed by atoms with Gasteiger partial charge in [-0.15, -0.1) is 0 Å². The molecule has 8 heteroatoms. The number of guanidine groups is 1. The van der Waals surface area contributed by atoms with E-state index in [9.17, 15) is 14.0 Å². The average Bonchev–Trinajstić information content (AvgIpc) is 2.70. The van der Waals surface area contributed by atoms with Crippen molar-refractivity contribution in [3.63, 3.8) is 0 Å². The van der Waals surface area contributed by atoms with Crippen molar-refractivity contribution < 1.29 is 18.7 Å². The summed E-state index contributed by atoms with van der Waals surface area (Å²) < 4.78 is 18.0. The van der Waals surface area contributed by atoms with E-state index in [1.165, 1.54) is 19.2 Å². The molecule has 0 bridgehead atoms. The Labute approximate surface area is 165 Å². The van der Waals surface area contributed by atoms with Gasteiger partial charge in [0.15, 0.2) is 5.96 Å². The van der Waals surface area contributed by atoms with E-state index in [0.717, 1.165) is 38.4 Å². The number of methoxy groups -OCH3 is 1. The minimum absolute atomic E-state index is 0.0498. The summed E-state index contributed by atoms with van der Waals surface area (Å²) in [6, 6.07) is 6.03. The molecular formula is C20H29FN4O3. The Balaban J connectivity index is 1.78. The Morgan fingerprint density at radius 3 is 2.68 bits per heavy atom. The van der Waals surface area contributed by atoms with Crippen LogP contribution in [0.25, 0.3) is 0 Å². The Bertz CT molecular complexity index is 688. The third kappa shape index (κ3) is 6.83. The number of hydrogen-bond acceptors (Lipinski definition) is 4. The number of amides is 1. The SMILES string of the molecule is CCNC(=NCCNC(=O)Cc1cccc(F)c1)N1CCC(C(=O)OC)CC1. The van der Waals surface area contributed by atoms with E-state index in [0.29, 0.717) is 18.7 Å². The van der Waals surface area contributed by atoms with Crippen molar-refractivity contribution in [3.8, 4) is 0 Å². The van der Waals surface area contributed by atoms with E-state index in [1.807, 2.05) is 6.92 Å². The van der Waals surface area contributed by atoms with Crippen LogP contribution in [0.5, 0.6) is 0 Å². The maximum absolute atomic E-state index is 13.2. The lowest BCUT2D eigenvalue weighted by Gasteiger charge is -2.33. The lowest BCUT2D eigenvalue weighted by Crippen LogP contribution is -2.47. The maximum atomic E-state index is 13.2. The molecule has 0 unspecified atom stereocenters. The fourth-order valence-corrected chi connectivity index (χ4v) is 3.17. The van der Waals surface area contributed by atoms with Gasteiger partial charge in [0.05, 0.1) is 26.0 Å². The molecule has 0 radical (unpaired) electrons. The van der Waals surface area contributed by atoms with Crippen LogP contribution in [0, 0.1) is 11.7 Å². The molecule has 1 saturated heterocycles. The molecule has 7 nitrogen and oxygen atoms in total. The van der Waals surface area contributed by atoms with Crippen LogP contribution in [-0.2, 0) is 20.7 Å². The smallest absolute Gasteiger partial charge is 0.308 e. The van der Waals surface area contributed by atoms with Crippen LogP contribution in [0.15, 0.2) is 29.3 Å². The van der Waals surface area contributed by atoms with Gasteiger partial charge < -0.3 is 20.3 Å². The molecular weight excluding hydrogens is 363 g/mol. The van der Waals surface area contributed by atoms with Gasteiger partial charge in [-0.1, -0.05) is 12.1 Å². The molecule has 2 rings (SSSR count). The third-order valence-corrected chi connectivity index (χ3v) is 4.61. The van der Waals surface area contributed by atoms with Gasteiger partial charge >= 0.3 is 5.97 Å². The van der Waals surface area contributed by atoms with E-state index in [1.54, 1.807) is 12.1 Å². The lowest BCUT2D eigenvalue weighted by molar-refractivity contribution is -0.146. The Morgan fingerprint density at radius 1 is 1.29 bits per heavy atom. The number of nitrogens with zero attached hydrogens (tertiary/aromatic N) is 2. The molecule has 0 aliphatic carbocycles. The van der Waals surface area contributed by atoms with Crippen molar-refractivity contribution in [1.29, 1.82) is 0 Å². The molecule has 1 aliphatic rings. The first-order chi connectivity index (χ1) is 13.5. The summed E-state index contributed by atoms with van der Waals surface area (Å²) in [7, 11) is 1.42. The first kappa shape index (κ1) is 21.7. The number of nitrogens with one attached hydrogen (secondary N) is 2. The number of benzene rings is 1. The normalized spacial score (nSPS) is 15.2. The second-order valence-electron chi connectivity index (χ2n) is 6.68. The fourth-order valence-electron chi connectivity index (χ4n) is 3.17. The maximum Gasteiger partial charge on any atom is 0.308 e. The first-order valence-corrected chi connectivity index (χ1v) is 9.65. The van der Waals surface area contributed by atoms with E-state index in [-0.39, 0.29) is 30.0 Å². The number of aliphatic imine (C=N–C) groups is 1. The van der Waals surface area contributed by atoms with Gasteiger partial charge in [0.1, 0.15) is 5.82 Å². The van der Waals surface area contributed by atoms with Gasteiger partial charge in [0.2, 0.25) is 5.91 Å². The van der Waals surface area contributed by atoms with Crippen LogP contribution in [0.3, 0.4) is 0 Å². The Hall–Kier alpha value is -2.64. The predicted molar refractivity (Wildman–Crippen MR) is 105 cm³/mol. The predicted octanol–water partition coefficient (Wildman–Crippen LogP) is 1.33. The van der Waals surface area contributed by atoms with Crippen LogP contribution in [0.1, 0.15) is 25.3 Å². The molecule has 0 spiro atoms. The highest BCUT2D eigenvalue weighted by molar-refractivity contribution is 5.81. The molecule has 1 fully saturated rings. The minimum atomic E-state index is -0.346. The zero-order chi connectivity index (χ0) is 20.4. The number of hydrogen-bond donors (Lipinski definition) is 2. The average molecular weight is 392 g/mol. The number of likely N-dealkylation sites (tertiary alicyclic amines) is 1. The molecule has 1 heterocycles. The monoisotopic (exact) mass is 392 g/mol. The highest BCUT2D eigenvalue weighted by Gasteiger charge is 2.26. The quantitative estimate of drug-likeness (QED) is 0.317. The number of halogens is 1. The van der Waals surface area contributed by atoms with Crippen LogP contribution >= 0.6 is 0 Å². The molecule has 0 saturated carbocycles. The summed E-state index contributed by atoms with van der Waals surface area (Å²) >= 11 is 0. The van der Waals surface area contributed by atoms with Crippen molar-refractivity contribution in [2.45, 2.75) is 26.2 Å². The van der Waals surface area contributed by atoms with Gasteiger partial charge in [0, 0.05) is 26.2 Å². The van der Waals surface area contributed by atoms with Crippen molar-refractivity contribution in [2.75, 3.05) is 39.8 Å². The standard InChI is InChI=1S/C20H29FN4O3/c1-3-22-20(25-11-7-16(8-12-25)19(27)28-2)24-10-9-23-18(26)14-15-5-4-6-17(21)13-15/h4-6,13,16H,3,7-12,14H2,1-2H3,(H,22,24)(H,23,26). The molecule has 1 aliphatic heterocycles. The molecule has 1 amide bonds. The summed E-state index contributed by atoms with van der Waals surface area (Å²) in [4.78, 5) is 30.3. The highest BCUT2D eigenvalue weighted by atomic mass is 19.1. The van der Waals surface area contributed by atoms with Crippen molar-refractivity contribution in [1.82, 2.24) is 15.5 Å². The second-order valence-corrected chi connectivity index (χ2v) is 6.68. The van der Waals surface area contributed by atoms with Crippen LogP contribution in [0.2, 0.25) is 0 Å². The van der Waals surface area contributed by atoms with E-state index in [2.05, 4.69) is 20.5 Å². The highest BCUT2D eigenvalue weighted by Crippen LogP contribution is 2.18. The van der Waals surface area contributed by atoms with Gasteiger partial charge in [-0.05, 0) is 37.5 Å². The summed E-state index contributed by atoms with van der Waals surface area (Å²) in [6.07, 6.45) is 1.62. The molecule has 1 aromatic carbocycles. The number of ether oxygens (including phenoxy) is 1. The third-order valence-electron chi connectivity index (χ3n) is 4.61. The Kier molecular flexibility index (Phi) is 8.71. The number of carbonyl (C=O) groups is 2. The summed E-state index contributed by atoms with van der Waals surface area (Å²) in [5.74, 6) is 0.0740. The topological polar surface area (TPSA) is 83.0 Å². The van der Waals surface area contributed by atoms with Crippen LogP contribution in [0.4, 0.5) is 4.39 Å². The molecule has 0 aromatic heterocycles. The minimum Gasteiger partial charge on any atom is -0.469 e. The molecule has 2 N–H and O–H groups in total. The van der Waals surface area contributed by atoms with Gasteiger partial charge in [0.25, 0.3) is 0 Å². The van der Waals surface area contributed by atoms with Crippen molar-refractivity contribution in [3.05, 3.63) is 35.6 Å². The first-order valence-electron chi connectivity index (χ1n) is 9.65. The van der Waals surface area contributed by atoms with Gasteiger partial charge in [-0.3, -0.25) is 14.6 Å². The van der Waals surface area contributed by atoms with Crippen LogP contribution < -0.4 is 10.6 Å². The molecule has 0 atom stereocenters. The summed E-state index contributed by atoms with van der Waals surface area (Å²) in [6.45, 7) is 5.05. The van der Waals surface area contributed by atoms with E-state index >= 15 is 0 Å². The fraction of sp³-hybridized carbons (Fsp3) is 0.550. The summed E-state index contributed by atoms with van der Waals surface area (Å²) in [5, 5.41) is 6.05. The number of carbonyl (C=O) groups excluding carboxylic acids is 2. The zero-order valence-electron chi connectivity index (χ0n) is 16.5. The zero-order valence-corrected chi connectivity index (χ0v) is 16.5. The van der Waals surface area contributed by atoms with Crippen LogP contribution in [-0.4, -0.2) is 62.6 Å². The number of rotatable bonds is 7.